The number of rotatable bonds is 3. The number of aromatic nitrogens is 3. The Morgan fingerprint density at radius 2 is 1.33 bits per heavy atom. The molecule has 0 bridgehead atoms. The highest BCUT2D eigenvalue weighted by atomic mass is 35.5. The van der Waals surface area contributed by atoms with Crippen LogP contribution in [0.1, 0.15) is 31.5 Å². The van der Waals surface area contributed by atoms with Crippen molar-refractivity contribution in [1.29, 1.82) is 0 Å². The largest absolute Gasteiger partial charge is 0.456 e. The van der Waals surface area contributed by atoms with Crippen molar-refractivity contribution >= 4 is 49.9 Å². The SMILES string of the molecule is Clc1ccc(-c2nc(C3=CCCCC3)nc(-c3cccc4oc5ccccc5c34)n2)c2ccccc12. The molecule has 0 atom stereocenters. The predicted octanol–water partition coefficient (Wildman–Crippen LogP) is 8.87. The van der Waals surface area contributed by atoms with Crippen molar-refractivity contribution in [2.75, 3.05) is 0 Å². The first kappa shape index (κ1) is 21.3. The summed E-state index contributed by atoms with van der Waals surface area (Å²) in [6, 6.07) is 26.2. The Balaban J connectivity index is 1.53. The third-order valence-corrected chi connectivity index (χ3v) is 7.30. The Morgan fingerprint density at radius 3 is 2.17 bits per heavy atom. The molecule has 4 aromatic carbocycles. The van der Waals surface area contributed by atoms with Gasteiger partial charge in [-0.2, -0.15) is 0 Å². The quantitative estimate of drug-likeness (QED) is 0.250. The van der Waals surface area contributed by atoms with Crippen LogP contribution in [0.25, 0.3) is 61.1 Å². The van der Waals surface area contributed by atoms with E-state index in [9.17, 15) is 0 Å². The zero-order valence-corrected chi connectivity index (χ0v) is 20.3. The van der Waals surface area contributed by atoms with E-state index in [1.807, 2.05) is 60.7 Å². The van der Waals surface area contributed by atoms with Gasteiger partial charge in [0.25, 0.3) is 0 Å². The highest BCUT2D eigenvalue weighted by Gasteiger charge is 2.20. The van der Waals surface area contributed by atoms with E-state index in [4.69, 9.17) is 31.0 Å². The molecule has 0 fully saturated rings. The molecule has 0 unspecified atom stereocenters. The highest BCUT2D eigenvalue weighted by molar-refractivity contribution is 6.36. The fourth-order valence-electron chi connectivity index (χ4n) is 5.22. The van der Waals surface area contributed by atoms with E-state index in [-0.39, 0.29) is 0 Å². The van der Waals surface area contributed by atoms with E-state index >= 15 is 0 Å². The number of allylic oxidation sites excluding steroid dienone is 2. The maximum atomic E-state index is 6.53. The lowest BCUT2D eigenvalue weighted by Gasteiger charge is -2.15. The fourth-order valence-corrected chi connectivity index (χ4v) is 5.45. The molecule has 0 saturated heterocycles. The third kappa shape index (κ3) is 3.49. The Kier molecular flexibility index (Phi) is 5.07. The molecule has 4 nitrogen and oxygen atoms in total. The Morgan fingerprint density at radius 1 is 0.611 bits per heavy atom. The number of benzene rings is 4. The van der Waals surface area contributed by atoms with Gasteiger partial charge in [-0.3, -0.25) is 0 Å². The molecule has 0 aliphatic heterocycles. The van der Waals surface area contributed by atoms with Crippen LogP contribution in [-0.2, 0) is 0 Å². The number of nitrogens with zero attached hydrogens (tertiary/aromatic N) is 3. The second kappa shape index (κ2) is 8.58. The van der Waals surface area contributed by atoms with Crippen molar-refractivity contribution in [3.05, 3.63) is 95.8 Å². The van der Waals surface area contributed by atoms with Crippen LogP contribution in [0.3, 0.4) is 0 Å². The molecule has 5 heteroatoms. The summed E-state index contributed by atoms with van der Waals surface area (Å²) in [7, 11) is 0. The predicted molar refractivity (Wildman–Crippen MR) is 147 cm³/mol. The number of hydrogen-bond acceptors (Lipinski definition) is 4. The smallest absolute Gasteiger partial charge is 0.164 e. The van der Waals surface area contributed by atoms with Crippen LogP contribution in [0.5, 0.6) is 0 Å². The van der Waals surface area contributed by atoms with E-state index in [1.54, 1.807) is 0 Å². The van der Waals surface area contributed by atoms with Gasteiger partial charge in [-0.15, -0.1) is 0 Å². The summed E-state index contributed by atoms with van der Waals surface area (Å²) in [5.41, 5.74) is 4.75. The molecule has 2 aromatic heterocycles. The van der Waals surface area contributed by atoms with Crippen molar-refractivity contribution in [3.8, 4) is 22.8 Å². The van der Waals surface area contributed by atoms with Gasteiger partial charge in [-0.05, 0) is 60.9 Å². The van der Waals surface area contributed by atoms with Crippen LogP contribution >= 0.6 is 11.6 Å². The topological polar surface area (TPSA) is 51.8 Å². The van der Waals surface area contributed by atoms with Crippen molar-refractivity contribution in [2.45, 2.75) is 25.7 Å². The molecule has 0 saturated carbocycles. The van der Waals surface area contributed by atoms with Crippen molar-refractivity contribution in [2.24, 2.45) is 0 Å². The van der Waals surface area contributed by atoms with E-state index < -0.39 is 0 Å². The van der Waals surface area contributed by atoms with E-state index in [0.717, 1.165) is 68.9 Å². The second-order valence-corrected chi connectivity index (χ2v) is 9.61. The molecular formula is C31H22ClN3O. The molecule has 174 valence electrons. The molecule has 36 heavy (non-hydrogen) atoms. The number of para-hydroxylation sites is 1. The van der Waals surface area contributed by atoms with E-state index in [2.05, 4.69) is 24.3 Å². The summed E-state index contributed by atoms with van der Waals surface area (Å²) in [5, 5.41) is 4.81. The van der Waals surface area contributed by atoms with Crippen LogP contribution < -0.4 is 0 Å². The van der Waals surface area contributed by atoms with Crippen LogP contribution in [0, 0.1) is 0 Å². The standard InChI is InChI=1S/C31H22ClN3O/c32-25-18-17-22(20-11-4-5-12-21(20)25)30-33-29(19-9-2-1-3-10-19)34-31(35-30)24-14-8-16-27-28(24)23-13-6-7-15-26(23)36-27/h4-9,11-18H,1-3,10H2. The first-order valence-corrected chi connectivity index (χ1v) is 12.7. The Bertz CT molecular complexity index is 1820. The zero-order valence-electron chi connectivity index (χ0n) is 19.5. The summed E-state index contributed by atoms with van der Waals surface area (Å²) >= 11 is 6.53. The molecule has 2 heterocycles. The highest BCUT2D eigenvalue weighted by Crippen LogP contribution is 2.38. The number of halogens is 1. The Hall–Kier alpha value is -4.02. The summed E-state index contributed by atoms with van der Waals surface area (Å²) in [6.45, 7) is 0. The van der Waals surface area contributed by atoms with Gasteiger partial charge >= 0.3 is 0 Å². The lowest BCUT2D eigenvalue weighted by atomic mass is 9.98. The van der Waals surface area contributed by atoms with E-state index in [0.29, 0.717) is 16.7 Å². The molecule has 7 rings (SSSR count). The van der Waals surface area contributed by atoms with Crippen molar-refractivity contribution < 1.29 is 4.42 Å². The van der Waals surface area contributed by atoms with Crippen LogP contribution in [0.2, 0.25) is 5.02 Å². The van der Waals surface area contributed by atoms with Gasteiger partial charge in [0.2, 0.25) is 0 Å². The minimum absolute atomic E-state index is 0.651. The number of hydrogen-bond donors (Lipinski definition) is 0. The maximum Gasteiger partial charge on any atom is 0.164 e. The minimum atomic E-state index is 0.651. The zero-order chi connectivity index (χ0) is 24.1. The average molecular weight is 488 g/mol. The van der Waals surface area contributed by atoms with Crippen molar-refractivity contribution in [3.63, 3.8) is 0 Å². The molecule has 6 aromatic rings. The minimum Gasteiger partial charge on any atom is -0.456 e. The summed E-state index contributed by atoms with van der Waals surface area (Å²) in [6.07, 6.45) is 6.66. The van der Waals surface area contributed by atoms with Gasteiger partial charge in [0.05, 0.1) is 0 Å². The van der Waals surface area contributed by atoms with E-state index in [1.165, 1.54) is 12.0 Å². The van der Waals surface area contributed by atoms with Gasteiger partial charge in [0, 0.05) is 32.3 Å². The van der Waals surface area contributed by atoms with Gasteiger partial charge in [0.1, 0.15) is 11.2 Å². The number of furan rings is 1. The van der Waals surface area contributed by atoms with Gasteiger partial charge in [-0.25, -0.2) is 15.0 Å². The molecule has 0 N–H and O–H groups in total. The number of fused-ring (bicyclic) bond motifs is 4. The lowest BCUT2D eigenvalue weighted by Crippen LogP contribution is -2.05. The molecule has 0 amide bonds. The molecule has 0 spiro atoms. The second-order valence-electron chi connectivity index (χ2n) is 9.20. The first-order valence-electron chi connectivity index (χ1n) is 12.3. The van der Waals surface area contributed by atoms with Crippen LogP contribution in [0.15, 0.2) is 89.4 Å². The normalized spacial score (nSPS) is 14.0. The first-order chi connectivity index (χ1) is 17.8. The van der Waals surface area contributed by atoms with Crippen molar-refractivity contribution in [1.82, 2.24) is 15.0 Å². The maximum absolute atomic E-state index is 6.53. The summed E-state index contributed by atoms with van der Waals surface area (Å²) in [5.74, 6) is 2.05. The molecular weight excluding hydrogens is 466 g/mol. The van der Waals surface area contributed by atoms with Gasteiger partial charge in [0.15, 0.2) is 17.5 Å². The lowest BCUT2D eigenvalue weighted by molar-refractivity contribution is 0.669. The van der Waals surface area contributed by atoms with Gasteiger partial charge < -0.3 is 4.42 Å². The summed E-state index contributed by atoms with van der Waals surface area (Å²) < 4.78 is 6.15. The average Bonchev–Trinajstić information content (AvgIpc) is 3.33. The monoisotopic (exact) mass is 487 g/mol. The summed E-state index contributed by atoms with van der Waals surface area (Å²) in [4.78, 5) is 15.1. The molecule has 1 aliphatic rings. The molecule has 1 aliphatic carbocycles. The Labute approximate surface area is 213 Å². The molecule has 0 radical (unpaired) electrons. The van der Waals surface area contributed by atoms with Gasteiger partial charge in [-0.1, -0.05) is 72.3 Å². The fraction of sp³-hybridized carbons (Fsp3) is 0.129. The van der Waals surface area contributed by atoms with Crippen LogP contribution in [-0.4, -0.2) is 15.0 Å². The third-order valence-electron chi connectivity index (χ3n) is 6.97. The van der Waals surface area contributed by atoms with Crippen LogP contribution in [0.4, 0.5) is 0 Å².